The number of alkyl carbamates (subject to hydrolysis) is 1. The smallest absolute Gasteiger partial charge is 0.407 e. The van der Waals surface area contributed by atoms with Gasteiger partial charge in [-0.25, -0.2) is 4.79 Å². The molecule has 2 rings (SSSR count). The zero-order chi connectivity index (χ0) is 13.0. The van der Waals surface area contributed by atoms with E-state index in [0.29, 0.717) is 0 Å². The summed E-state index contributed by atoms with van der Waals surface area (Å²) in [4.78, 5) is 11.6. The van der Waals surface area contributed by atoms with Crippen LogP contribution in [0.15, 0.2) is 30.3 Å². The fourth-order valence-electron chi connectivity index (χ4n) is 1.89. The number of carbonyl (C=O) groups excluding carboxylic acids is 1. The molecular formula is C14H19NO3. The minimum Gasteiger partial charge on any atom is -0.445 e. The first-order valence-corrected chi connectivity index (χ1v) is 6.22. The number of ether oxygens (including phenoxy) is 1. The van der Waals surface area contributed by atoms with E-state index in [1.54, 1.807) is 0 Å². The lowest BCUT2D eigenvalue weighted by Crippen LogP contribution is -2.43. The molecule has 0 aromatic heterocycles. The largest absolute Gasteiger partial charge is 0.445 e. The summed E-state index contributed by atoms with van der Waals surface area (Å²) in [7, 11) is 0. The number of amides is 1. The van der Waals surface area contributed by atoms with E-state index in [-0.39, 0.29) is 24.7 Å². The van der Waals surface area contributed by atoms with E-state index in [2.05, 4.69) is 12.2 Å². The van der Waals surface area contributed by atoms with Crippen LogP contribution in [0.2, 0.25) is 0 Å². The van der Waals surface area contributed by atoms with Crippen molar-refractivity contribution in [2.45, 2.75) is 32.4 Å². The summed E-state index contributed by atoms with van der Waals surface area (Å²) in [5, 5.41) is 12.0. The van der Waals surface area contributed by atoms with Crippen molar-refractivity contribution in [3.05, 3.63) is 35.9 Å². The molecule has 0 spiro atoms. The van der Waals surface area contributed by atoms with Crippen LogP contribution in [0.1, 0.15) is 25.3 Å². The van der Waals surface area contributed by atoms with Gasteiger partial charge in [0, 0.05) is 0 Å². The number of rotatable bonds is 5. The van der Waals surface area contributed by atoms with Gasteiger partial charge in [-0.2, -0.15) is 0 Å². The molecule has 1 aromatic carbocycles. The molecule has 0 saturated heterocycles. The molecule has 0 bridgehead atoms. The third-order valence-electron chi connectivity index (χ3n) is 3.57. The maximum absolute atomic E-state index is 11.6. The molecule has 1 atom stereocenters. The fourth-order valence-corrected chi connectivity index (χ4v) is 1.89. The molecule has 1 unspecified atom stereocenters. The van der Waals surface area contributed by atoms with Gasteiger partial charge < -0.3 is 15.2 Å². The highest BCUT2D eigenvalue weighted by Crippen LogP contribution is 2.47. The number of hydrogen-bond acceptors (Lipinski definition) is 3. The predicted molar refractivity (Wildman–Crippen MR) is 68.0 cm³/mol. The summed E-state index contributed by atoms with van der Waals surface area (Å²) < 4.78 is 5.12. The minimum atomic E-state index is -0.467. The van der Waals surface area contributed by atoms with Crippen LogP contribution in [0, 0.1) is 5.41 Å². The van der Waals surface area contributed by atoms with Gasteiger partial charge >= 0.3 is 6.09 Å². The number of benzene rings is 1. The van der Waals surface area contributed by atoms with Crippen LogP contribution in [0.25, 0.3) is 0 Å². The second-order valence-corrected chi connectivity index (χ2v) is 5.10. The molecule has 1 aliphatic carbocycles. The van der Waals surface area contributed by atoms with Gasteiger partial charge in [0.15, 0.2) is 0 Å². The first kappa shape index (κ1) is 12.9. The molecular weight excluding hydrogens is 230 g/mol. The Morgan fingerprint density at radius 1 is 1.44 bits per heavy atom. The van der Waals surface area contributed by atoms with E-state index < -0.39 is 6.09 Å². The van der Waals surface area contributed by atoms with E-state index >= 15 is 0 Å². The topological polar surface area (TPSA) is 58.6 Å². The maximum atomic E-state index is 11.6. The van der Waals surface area contributed by atoms with Crippen molar-refractivity contribution in [1.29, 1.82) is 0 Å². The molecule has 1 aromatic rings. The van der Waals surface area contributed by atoms with Gasteiger partial charge in [0.25, 0.3) is 0 Å². The van der Waals surface area contributed by atoms with Crippen LogP contribution in [0.3, 0.4) is 0 Å². The molecule has 0 heterocycles. The minimum absolute atomic E-state index is 0.0422. The lowest BCUT2D eigenvalue weighted by molar-refractivity contribution is 0.119. The number of nitrogens with one attached hydrogen (secondary N) is 1. The Morgan fingerprint density at radius 2 is 2.11 bits per heavy atom. The van der Waals surface area contributed by atoms with Gasteiger partial charge in [-0.15, -0.1) is 0 Å². The van der Waals surface area contributed by atoms with Crippen LogP contribution < -0.4 is 5.32 Å². The summed E-state index contributed by atoms with van der Waals surface area (Å²) in [5.74, 6) is 0. The van der Waals surface area contributed by atoms with Crippen molar-refractivity contribution < 1.29 is 14.6 Å². The molecule has 1 saturated carbocycles. The Hall–Kier alpha value is -1.55. The van der Waals surface area contributed by atoms with Crippen LogP contribution in [0.4, 0.5) is 4.79 Å². The first-order chi connectivity index (χ1) is 8.64. The van der Waals surface area contributed by atoms with Crippen molar-refractivity contribution in [2.24, 2.45) is 5.41 Å². The molecule has 18 heavy (non-hydrogen) atoms. The van der Waals surface area contributed by atoms with Gasteiger partial charge in [0.2, 0.25) is 0 Å². The third kappa shape index (κ3) is 3.23. The lowest BCUT2D eigenvalue weighted by Gasteiger charge is -2.22. The highest BCUT2D eigenvalue weighted by atomic mass is 16.5. The first-order valence-electron chi connectivity index (χ1n) is 6.22. The second kappa shape index (κ2) is 5.40. The van der Waals surface area contributed by atoms with Crippen molar-refractivity contribution in [3.63, 3.8) is 0 Å². The Balaban J connectivity index is 1.78. The standard InChI is InChI=1S/C14H19NO3/c1-14(7-8-14)12(9-16)15-13(17)18-10-11-5-3-2-4-6-11/h2-6,12,16H,7-10H2,1H3,(H,15,17). The molecule has 0 radical (unpaired) electrons. The van der Waals surface area contributed by atoms with Crippen LogP contribution >= 0.6 is 0 Å². The highest BCUT2D eigenvalue weighted by Gasteiger charge is 2.45. The predicted octanol–water partition coefficient (Wildman–Crippen LogP) is 2.07. The van der Waals surface area contributed by atoms with Crippen molar-refractivity contribution >= 4 is 6.09 Å². The van der Waals surface area contributed by atoms with E-state index in [1.165, 1.54) is 0 Å². The molecule has 4 nitrogen and oxygen atoms in total. The van der Waals surface area contributed by atoms with Crippen molar-refractivity contribution in [2.75, 3.05) is 6.61 Å². The number of aliphatic hydroxyl groups is 1. The SMILES string of the molecule is CC1(C(CO)NC(=O)OCc2ccccc2)CC1. The van der Waals surface area contributed by atoms with Crippen molar-refractivity contribution in [3.8, 4) is 0 Å². The van der Waals surface area contributed by atoms with Gasteiger partial charge in [0.1, 0.15) is 6.61 Å². The van der Waals surface area contributed by atoms with Gasteiger partial charge in [-0.05, 0) is 23.8 Å². The Bertz CT molecular complexity index is 401. The molecule has 1 aliphatic rings. The van der Waals surface area contributed by atoms with Gasteiger partial charge in [-0.3, -0.25) is 0 Å². The molecule has 4 heteroatoms. The fraction of sp³-hybridized carbons (Fsp3) is 0.500. The Labute approximate surface area is 107 Å². The zero-order valence-electron chi connectivity index (χ0n) is 10.6. The summed E-state index contributed by atoms with van der Waals surface area (Å²) in [6.07, 6.45) is 1.61. The number of carbonyl (C=O) groups is 1. The number of hydrogen-bond donors (Lipinski definition) is 2. The maximum Gasteiger partial charge on any atom is 0.407 e. The van der Waals surface area contributed by atoms with E-state index in [0.717, 1.165) is 18.4 Å². The van der Waals surface area contributed by atoms with Gasteiger partial charge in [-0.1, -0.05) is 37.3 Å². The molecule has 2 N–H and O–H groups in total. The van der Waals surface area contributed by atoms with E-state index in [9.17, 15) is 9.90 Å². The lowest BCUT2D eigenvalue weighted by atomic mass is 10.0. The van der Waals surface area contributed by atoms with Gasteiger partial charge in [0.05, 0.1) is 12.6 Å². The summed E-state index contributed by atoms with van der Waals surface area (Å²) in [5.41, 5.74) is 0.992. The average Bonchev–Trinajstić information content (AvgIpc) is 3.14. The molecule has 0 aliphatic heterocycles. The second-order valence-electron chi connectivity index (χ2n) is 5.10. The quantitative estimate of drug-likeness (QED) is 0.840. The third-order valence-corrected chi connectivity index (χ3v) is 3.57. The van der Waals surface area contributed by atoms with Crippen LogP contribution in [0.5, 0.6) is 0 Å². The van der Waals surface area contributed by atoms with E-state index in [1.807, 2.05) is 30.3 Å². The zero-order valence-corrected chi connectivity index (χ0v) is 10.6. The Kier molecular flexibility index (Phi) is 3.87. The summed E-state index contributed by atoms with van der Waals surface area (Å²) >= 11 is 0. The summed E-state index contributed by atoms with van der Waals surface area (Å²) in [6, 6.07) is 9.31. The molecule has 1 amide bonds. The van der Waals surface area contributed by atoms with Crippen LogP contribution in [-0.2, 0) is 11.3 Å². The van der Waals surface area contributed by atoms with Crippen molar-refractivity contribution in [1.82, 2.24) is 5.32 Å². The molecule has 98 valence electrons. The van der Waals surface area contributed by atoms with Crippen LogP contribution in [-0.4, -0.2) is 23.8 Å². The molecule has 1 fully saturated rings. The average molecular weight is 249 g/mol. The number of aliphatic hydroxyl groups excluding tert-OH is 1. The summed E-state index contributed by atoms with van der Waals surface area (Å²) in [6.45, 7) is 2.27. The highest BCUT2D eigenvalue weighted by molar-refractivity contribution is 5.67. The Morgan fingerprint density at radius 3 is 2.67 bits per heavy atom. The normalized spacial score (nSPS) is 17.9. The van der Waals surface area contributed by atoms with E-state index in [4.69, 9.17) is 4.74 Å². The monoisotopic (exact) mass is 249 g/mol.